The van der Waals surface area contributed by atoms with E-state index in [-0.39, 0.29) is 11.8 Å². The van der Waals surface area contributed by atoms with Gasteiger partial charge < -0.3 is 14.6 Å². The molecule has 0 aliphatic heterocycles. The van der Waals surface area contributed by atoms with Crippen LogP contribution < -0.4 is 9.47 Å². The van der Waals surface area contributed by atoms with Crippen molar-refractivity contribution in [3.05, 3.63) is 35.0 Å². The highest BCUT2D eigenvalue weighted by Crippen LogP contribution is 2.40. The molecule has 0 fully saturated rings. The van der Waals surface area contributed by atoms with Crippen LogP contribution in [0.1, 0.15) is 50.4 Å². The highest BCUT2D eigenvalue weighted by molar-refractivity contribution is 5.72. The monoisotopic (exact) mass is 452 g/mol. The SMILES string of the molecule is CCn1nc(-c2cc(-c3cc(OC)c(CCC(=O)O)c(OC)c3)n[nH]2)c2c1CC(C)(C)CC2. The molecular weight excluding hydrogens is 420 g/mol. The fraction of sp³-hybridized carbons (Fsp3) is 0.480. The maximum atomic E-state index is 11.1. The van der Waals surface area contributed by atoms with Crippen LogP contribution in [0, 0.1) is 5.41 Å². The highest BCUT2D eigenvalue weighted by atomic mass is 16.5. The molecule has 0 spiro atoms. The van der Waals surface area contributed by atoms with Crippen molar-refractivity contribution in [3.63, 3.8) is 0 Å². The quantitative estimate of drug-likeness (QED) is 0.521. The lowest BCUT2D eigenvalue weighted by Crippen LogP contribution is -2.24. The zero-order valence-electron chi connectivity index (χ0n) is 20.0. The van der Waals surface area contributed by atoms with Gasteiger partial charge in [0, 0.05) is 35.3 Å². The molecule has 4 rings (SSSR count). The molecule has 2 heterocycles. The van der Waals surface area contributed by atoms with Gasteiger partial charge in [0.25, 0.3) is 0 Å². The molecular formula is C25H32N4O4. The molecule has 0 radical (unpaired) electrons. The molecule has 0 amide bonds. The summed E-state index contributed by atoms with van der Waals surface area (Å²) < 4.78 is 13.2. The Balaban J connectivity index is 1.71. The third kappa shape index (κ3) is 4.47. The van der Waals surface area contributed by atoms with E-state index in [0.717, 1.165) is 54.0 Å². The van der Waals surface area contributed by atoms with E-state index in [1.807, 2.05) is 18.2 Å². The molecule has 0 saturated heterocycles. The van der Waals surface area contributed by atoms with Crippen molar-refractivity contribution in [2.45, 2.75) is 59.4 Å². The standard InChI is InChI=1S/C25H32N4O4/c1-6-29-20-14-25(2,3)10-9-16(20)24(28-29)19-13-18(26-27-19)15-11-21(32-4)17(7-8-23(30)31)22(12-15)33-5/h11-13H,6-10,14H2,1-5H3,(H,26,27)(H,30,31). The van der Waals surface area contributed by atoms with Crippen LogP contribution >= 0.6 is 0 Å². The third-order valence-electron chi connectivity index (χ3n) is 6.49. The second kappa shape index (κ2) is 8.92. The van der Waals surface area contributed by atoms with E-state index in [1.54, 1.807) is 14.2 Å². The van der Waals surface area contributed by atoms with Crippen molar-refractivity contribution in [1.29, 1.82) is 0 Å². The van der Waals surface area contributed by atoms with Gasteiger partial charge in [-0.15, -0.1) is 0 Å². The maximum absolute atomic E-state index is 11.1. The lowest BCUT2D eigenvalue weighted by atomic mass is 9.76. The zero-order chi connectivity index (χ0) is 23.8. The first-order valence-corrected chi connectivity index (χ1v) is 11.4. The van der Waals surface area contributed by atoms with Crippen LogP contribution in [0.2, 0.25) is 0 Å². The Morgan fingerprint density at radius 3 is 2.52 bits per heavy atom. The van der Waals surface area contributed by atoms with Crippen molar-refractivity contribution >= 4 is 5.97 Å². The number of nitrogens with one attached hydrogen (secondary N) is 1. The molecule has 2 aromatic heterocycles. The normalized spacial score (nSPS) is 14.7. The summed E-state index contributed by atoms with van der Waals surface area (Å²) in [6, 6.07) is 5.76. The number of H-pyrrole nitrogens is 1. The van der Waals surface area contributed by atoms with Gasteiger partial charge in [-0.2, -0.15) is 10.2 Å². The Morgan fingerprint density at radius 1 is 1.21 bits per heavy atom. The number of nitrogens with zero attached hydrogens (tertiary/aromatic N) is 3. The first-order valence-electron chi connectivity index (χ1n) is 11.4. The van der Waals surface area contributed by atoms with Crippen LogP contribution in [0.4, 0.5) is 0 Å². The molecule has 33 heavy (non-hydrogen) atoms. The van der Waals surface area contributed by atoms with Gasteiger partial charge in [-0.05, 0) is 56.2 Å². The van der Waals surface area contributed by atoms with Gasteiger partial charge in [-0.3, -0.25) is 14.6 Å². The number of methoxy groups -OCH3 is 2. The molecule has 2 N–H and O–H groups in total. The van der Waals surface area contributed by atoms with E-state index in [4.69, 9.17) is 19.7 Å². The van der Waals surface area contributed by atoms with Gasteiger partial charge in [0.2, 0.25) is 0 Å². The summed E-state index contributed by atoms with van der Waals surface area (Å²) in [4.78, 5) is 11.1. The van der Waals surface area contributed by atoms with Crippen molar-refractivity contribution in [3.8, 4) is 34.1 Å². The van der Waals surface area contributed by atoms with Gasteiger partial charge in [0.1, 0.15) is 17.2 Å². The average molecular weight is 453 g/mol. The minimum Gasteiger partial charge on any atom is -0.496 e. The number of aryl methyl sites for hydroxylation is 1. The topological polar surface area (TPSA) is 102 Å². The number of aromatic nitrogens is 4. The van der Waals surface area contributed by atoms with E-state index in [0.29, 0.717) is 17.9 Å². The number of hydrogen-bond acceptors (Lipinski definition) is 5. The number of hydrogen-bond donors (Lipinski definition) is 2. The third-order valence-corrected chi connectivity index (χ3v) is 6.49. The molecule has 0 atom stereocenters. The molecule has 0 bridgehead atoms. The van der Waals surface area contributed by atoms with E-state index in [1.165, 1.54) is 11.3 Å². The summed E-state index contributed by atoms with van der Waals surface area (Å²) in [5, 5.41) is 21.7. The Morgan fingerprint density at radius 2 is 1.91 bits per heavy atom. The number of carboxylic acid groups (broad SMARTS) is 1. The van der Waals surface area contributed by atoms with Crippen LogP contribution in [0.5, 0.6) is 11.5 Å². The van der Waals surface area contributed by atoms with Gasteiger partial charge in [0.15, 0.2) is 0 Å². The second-order valence-electron chi connectivity index (χ2n) is 9.35. The van der Waals surface area contributed by atoms with E-state index in [2.05, 4.69) is 35.7 Å². The Labute approximate surface area is 193 Å². The van der Waals surface area contributed by atoms with Crippen LogP contribution in [0.15, 0.2) is 18.2 Å². The van der Waals surface area contributed by atoms with Crippen LogP contribution in [-0.4, -0.2) is 45.3 Å². The number of aliphatic carboxylic acids is 1. The van der Waals surface area contributed by atoms with E-state index in [9.17, 15) is 4.79 Å². The summed E-state index contributed by atoms with van der Waals surface area (Å²) in [7, 11) is 3.15. The summed E-state index contributed by atoms with van der Waals surface area (Å²) in [6.45, 7) is 7.60. The summed E-state index contributed by atoms with van der Waals surface area (Å²) >= 11 is 0. The van der Waals surface area contributed by atoms with Crippen molar-refractivity contribution in [1.82, 2.24) is 20.0 Å². The number of ether oxygens (including phenoxy) is 2. The van der Waals surface area contributed by atoms with Crippen molar-refractivity contribution in [2.24, 2.45) is 5.41 Å². The predicted octanol–water partition coefficient (Wildman–Crippen LogP) is 4.51. The molecule has 8 nitrogen and oxygen atoms in total. The second-order valence-corrected chi connectivity index (χ2v) is 9.35. The van der Waals surface area contributed by atoms with E-state index < -0.39 is 5.97 Å². The van der Waals surface area contributed by atoms with Crippen molar-refractivity contribution in [2.75, 3.05) is 14.2 Å². The molecule has 1 aliphatic rings. The fourth-order valence-corrected chi connectivity index (χ4v) is 4.68. The Kier molecular flexibility index (Phi) is 6.19. The molecule has 8 heteroatoms. The number of carboxylic acids is 1. The first-order chi connectivity index (χ1) is 15.8. The average Bonchev–Trinajstić information content (AvgIpc) is 3.40. The fourth-order valence-electron chi connectivity index (χ4n) is 4.68. The van der Waals surface area contributed by atoms with Crippen molar-refractivity contribution < 1.29 is 19.4 Å². The lowest BCUT2D eigenvalue weighted by molar-refractivity contribution is -0.136. The van der Waals surface area contributed by atoms with Crippen LogP contribution in [-0.2, 0) is 30.6 Å². The molecule has 0 saturated carbocycles. The van der Waals surface area contributed by atoms with E-state index >= 15 is 0 Å². The number of rotatable bonds is 8. The minimum absolute atomic E-state index is 0.000618. The Hall–Kier alpha value is -3.29. The molecule has 3 aromatic rings. The lowest BCUT2D eigenvalue weighted by Gasteiger charge is -2.30. The molecule has 1 aliphatic carbocycles. The number of carbonyl (C=O) groups is 1. The smallest absolute Gasteiger partial charge is 0.303 e. The van der Waals surface area contributed by atoms with Gasteiger partial charge in [-0.1, -0.05) is 13.8 Å². The Bertz CT molecular complexity index is 1150. The summed E-state index contributed by atoms with van der Waals surface area (Å²) in [6.07, 6.45) is 3.49. The first kappa shape index (κ1) is 22.9. The summed E-state index contributed by atoms with van der Waals surface area (Å²) in [5.74, 6) is 0.313. The zero-order valence-corrected chi connectivity index (χ0v) is 20.0. The largest absolute Gasteiger partial charge is 0.496 e. The highest BCUT2D eigenvalue weighted by Gasteiger charge is 2.31. The predicted molar refractivity (Wildman–Crippen MR) is 126 cm³/mol. The van der Waals surface area contributed by atoms with Crippen LogP contribution in [0.3, 0.4) is 0 Å². The van der Waals surface area contributed by atoms with Gasteiger partial charge in [0.05, 0.1) is 25.6 Å². The minimum atomic E-state index is -0.863. The van der Waals surface area contributed by atoms with Gasteiger partial charge in [-0.25, -0.2) is 0 Å². The number of benzene rings is 1. The van der Waals surface area contributed by atoms with Crippen LogP contribution in [0.25, 0.3) is 22.6 Å². The molecule has 176 valence electrons. The number of aromatic amines is 1. The molecule has 0 unspecified atom stereocenters. The van der Waals surface area contributed by atoms with Gasteiger partial charge >= 0.3 is 5.97 Å². The number of fused-ring (bicyclic) bond motifs is 1. The summed E-state index contributed by atoms with van der Waals surface area (Å²) in [5.41, 5.74) is 7.10. The molecule has 1 aromatic carbocycles. The maximum Gasteiger partial charge on any atom is 0.303 e.